The Morgan fingerprint density at radius 3 is 2.67 bits per heavy atom. The van der Waals surface area contributed by atoms with Crippen molar-refractivity contribution in [3.8, 4) is 0 Å². The Bertz CT molecular complexity index is 517. The van der Waals surface area contributed by atoms with Crippen molar-refractivity contribution < 1.29 is 9.18 Å². The molecule has 3 unspecified atom stereocenters. The highest BCUT2D eigenvalue weighted by Crippen LogP contribution is 2.30. The smallest absolute Gasteiger partial charge is 0.222 e. The lowest BCUT2D eigenvalue weighted by Gasteiger charge is -2.43. The topological polar surface area (TPSA) is 49.6 Å². The standard InChI is InChI=1S/C16H22FN3O/c1-11(18)16(12-2-4-13(17)5-3-12)19-8-9-20-14(10-19)6-7-15(20)21/h2-5,11,14,16H,6-10,18H2,1H3. The number of carbonyl (C=O) groups is 1. The molecule has 0 aliphatic carbocycles. The Morgan fingerprint density at radius 2 is 2.00 bits per heavy atom. The van der Waals surface area contributed by atoms with Gasteiger partial charge in [-0.05, 0) is 31.0 Å². The lowest BCUT2D eigenvalue weighted by molar-refractivity contribution is -0.131. The molecule has 2 heterocycles. The van der Waals surface area contributed by atoms with E-state index in [1.807, 2.05) is 24.0 Å². The van der Waals surface area contributed by atoms with E-state index in [2.05, 4.69) is 4.90 Å². The zero-order valence-electron chi connectivity index (χ0n) is 12.3. The van der Waals surface area contributed by atoms with Gasteiger partial charge < -0.3 is 10.6 Å². The molecule has 1 aromatic rings. The molecule has 5 heteroatoms. The monoisotopic (exact) mass is 291 g/mol. The molecule has 1 aromatic carbocycles. The molecular weight excluding hydrogens is 269 g/mol. The third kappa shape index (κ3) is 2.80. The molecule has 0 radical (unpaired) electrons. The van der Waals surface area contributed by atoms with Crippen molar-refractivity contribution in [2.75, 3.05) is 19.6 Å². The van der Waals surface area contributed by atoms with Gasteiger partial charge in [-0.25, -0.2) is 4.39 Å². The van der Waals surface area contributed by atoms with E-state index in [4.69, 9.17) is 5.73 Å². The second kappa shape index (κ2) is 5.73. The number of carbonyl (C=O) groups excluding carboxylic acids is 1. The van der Waals surface area contributed by atoms with E-state index >= 15 is 0 Å². The molecule has 3 atom stereocenters. The van der Waals surface area contributed by atoms with Gasteiger partial charge in [0, 0.05) is 44.2 Å². The lowest BCUT2D eigenvalue weighted by Crippen LogP contribution is -2.54. The zero-order chi connectivity index (χ0) is 15.0. The van der Waals surface area contributed by atoms with Crippen LogP contribution >= 0.6 is 0 Å². The number of hydrogen-bond donors (Lipinski definition) is 1. The van der Waals surface area contributed by atoms with E-state index in [0.717, 1.165) is 31.6 Å². The number of benzene rings is 1. The number of hydrogen-bond acceptors (Lipinski definition) is 3. The molecule has 2 aliphatic heterocycles. The Labute approximate surface area is 124 Å². The third-order valence-electron chi connectivity index (χ3n) is 4.63. The molecule has 114 valence electrons. The molecule has 0 spiro atoms. The van der Waals surface area contributed by atoms with Gasteiger partial charge in [0.05, 0.1) is 0 Å². The van der Waals surface area contributed by atoms with Crippen molar-refractivity contribution in [2.24, 2.45) is 5.73 Å². The van der Waals surface area contributed by atoms with Gasteiger partial charge in [0.1, 0.15) is 5.82 Å². The van der Waals surface area contributed by atoms with Crippen LogP contribution in [-0.2, 0) is 4.79 Å². The van der Waals surface area contributed by atoms with Crippen molar-refractivity contribution >= 4 is 5.91 Å². The molecule has 2 saturated heterocycles. The molecule has 0 aromatic heterocycles. The minimum atomic E-state index is -0.228. The number of amides is 1. The van der Waals surface area contributed by atoms with Gasteiger partial charge in [0.15, 0.2) is 0 Å². The van der Waals surface area contributed by atoms with Crippen molar-refractivity contribution in [3.63, 3.8) is 0 Å². The van der Waals surface area contributed by atoms with Crippen LogP contribution in [0.4, 0.5) is 4.39 Å². The summed E-state index contributed by atoms with van der Waals surface area (Å²) in [6.07, 6.45) is 1.60. The van der Waals surface area contributed by atoms with Gasteiger partial charge in [-0.1, -0.05) is 12.1 Å². The maximum Gasteiger partial charge on any atom is 0.222 e. The summed E-state index contributed by atoms with van der Waals surface area (Å²) in [4.78, 5) is 16.1. The highest BCUT2D eigenvalue weighted by atomic mass is 19.1. The van der Waals surface area contributed by atoms with Crippen LogP contribution < -0.4 is 5.73 Å². The molecule has 2 aliphatic rings. The minimum Gasteiger partial charge on any atom is -0.337 e. The first-order chi connectivity index (χ1) is 10.1. The van der Waals surface area contributed by atoms with Crippen LogP contribution in [-0.4, -0.2) is 47.4 Å². The van der Waals surface area contributed by atoms with Crippen LogP contribution in [0.3, 0.4) is 0 Å². The maximum atomic E-state index is 13.1. The number of halogens is 1. The third-order valence-corrected chi connectivity index (χ3v) is 4.63. The van der Waals surface area contributed by atoms with Crippen LogP contribution in [0.2, 0.25) is 0 Å². The Morgan fingerprint density at radius 1 is 1.29 bits per heavy atom. The van der Waals surface area contributed by atoms with Gasteiger partial charge in [-0.2, -0.15) is 0 Å². The highest BCUT2D eigenvalue weighted by Gasteiger charge is 2.38. The fourth-order valence-corrected chi connectivity index (χ4v) is 3.65. The Balaban J connectivity index is 1.79. The van der Waals surface area contributed by atoms with Gasteiger partial charge in [0.25, 0.3) is 0 Å². The fourth-order valence-electron chi connectivity index (χ4n) is 3.65. The molecule has 0 saturated carbocycles. The average Bonchev–Trinajstić information content (AvgIpc) is 2.82. The summed E-state index contributed by atoms with van der Waals surface area (Å²) in [7, 11) is 0. The SMILES string of the molecule is CC(N)C(c1ccc(F)cc1)N1CCN2C(=O)CCC2C1. The Hall–Kier alpha value is -1.46. The summed E-state index contributed by atoms with van der Waals surface area (Å²) in [6.45, 7) is 4.44. The van der Waals surface area contributed by atoms with Crippen molar-refractivity contribution in [1.29, 1.82) is 0 Å². The number of rotatable bonds is 3. The van der Waals surface area contributed by atoms with Crippen LogP contribution in [0.15, 0.2) is 24.3 Å². The first-order valence-electron chi connectivity index (χ1n) is 7.61. The van der Waals surface area contributed by atoms with E-state index < -0.39 is 0 Å². The quantitative estimate of drug-likeness (QED) is 0.918. The molecule has 3 rings (SSSR count). The first kappa shape index (κ1) is 14.5. The van der Waals surface area contributed by atoms with Gasteiger partial charge in [0.2, 0.25) is 5.91 Å². The van der Waals surface area contributed by atoms with E-state index in [9.17, 15) is 9.18 Å². The van der Waals surface area contributed by atoms with Crippen molar-refractivity contribution in [1.82, 2.24) is 9.80 Å². The molecule has 4 nitrogen and oxygen atoms in total. The van der Waals surface area contributed by atoms with Crippen LogP contribution in [0, 0.1) is 5.82 Å². The predicted molar refractivity (Wildman–Crippen MR) is 79.1 cm³/mol. The van der Waals surface area contributed by atoms with Gasteiger partial charge in [-0.3, -0.25) is 9.69 Å². The second-order valence-corrected chi connectivity index (χ2v) is 6.13. The molecule has 1 amide bonds. The van der Waals surface area contributed by atoms with E-state index in [0.29, 0.717) is 12.5 Å². The van der Waals surface area contributed by atoms with E-state index in [1.54, 1.807) is 0 Å². The minimum absolute atomic E-state index is 0.0425. The van der Waals surface area contributed by atoms with Crippen LogP contribution in [0.25, 0.3) is 0 Å². The van der Waals surface area contributed by atoms with Crippen LogP contribution in [0.5, 0.6) is 0 Å². The predicted octanol–water partition coefficient (Wildman–Crippen LogP) is 1.52. The second-order valence-electron chi connectivity index (χ2n) is 6.13. The van der Waals surface area contributed by atoms with Crippen LogP contribution in [0.1, 0.15) is 31.4 Å². The molecule has 2 fully saturated rings. The summed E-state index contributed by atoms with van der Waals surface area (Å²) >= 11 is 0. The number of nitrogens with zero attached hydrogens (tertiary/aromatic N) is 2. The zero-order valence-corrected chi connectivity index (χ0v) is 12.3. The normalized spacial score (nSPS) is 25.8. The fraction of sp³-hybridized carbons (Fsp3) is 0.562. The Kier molecular flexibility index (Phi) is 3.95. The molecular formula is C16H22FN3O. The summed E-state index contributed by atoms with van der Waals surface area (Å²) in [6, 6.07) is 6.95. The molecule has 21 heavy (non-hydrogen) atoms. The molecule has 2 N–H and O–H groups in total. The van der Waals surface area contributed by atoms with E-state index in [-0.39, 0.29) is 23.8 Å². The van der Waals surface area contributed by atoms with Crippen molar-refractivity contribution in [2.45, 2.75) is 37.9 Å². The largest absolute Gasteiger partial charge is 0.337 e. The summed E-state index contributed by atoms with van der Waals surface area (Å²) < 4.78 is 13.1. The number of piperazine rings is 1. The summed E-state index contributed by atoms with van der Waals surface area (Å²) in [5, 5.41) is 0. The van der Waals surface area contributed by atoms with Crippen molar-refractivity contribution in [3.05, 3.63) is 35.6 Å². The average molecular weight is 291 g/mol. The highest BCUT2D eigenvalue weighted by molar-refractivity contribution is 5.78. The first-order valence-corrected chi connectivity index (χ1v) is 7.61. The van der Waals surface area contributed by atoms with Gasteiger partial charge >= 0.3 is 0 Å². The molecule has 0 bridgehead atoms. The summed E-state index contributed by atoms with van der Waals surface area (Å²) in [5.74, 6) is 0.0483. The lowest BCUT2D eigenvalue weighted by atomic mass is 9.97. The summed E-state index contributed by atoms with van der Waals surface area (Å²) in [5.41, 5.74) is 7.23. The van der Waals surface area contributed by atoms with E-state index in [1.165, 1.54) is 12.1 Å². The number of fused-ring (bicyclic) bond motifs is 1. The maximum absolute atomic E-state index is 13.1. The number of nitrogens with two attached hydrogens (primary N) is 1. The van der Waals surface area contributed by atoms with Gasteiger partial charge in [-0.15, -0.1) is 0 Å².